The summed E-state index contributed by atoms with van der Waals surface area (Å²) in [4.78, 5) is 4.75. The minimum absolute atomic E-state index is 0.169. The highest BCUT2D eigenvalue weighted by atomic mass is 19.1. The van der Waals surface area contributed by atoms with E-state index in [-0.39, 0.29) is 23.6 Å². The van der Waals surface area contributed by atoms with Gasteiger partial charge in [0.1, 0.15) is 11.6 Å². The van der Waals surface area contributed by atoms with E-state index in [2.05, 4.69) is 15.9 Å². The highest BCUT2D eigenvalue weighted by molar-refractivity contribution is 5.45. The van der Waals surface area contributed by atoms with Crippen LogP contribution in [-0.4, -0.2) is 42.5 Å². The molecule has 0 saturated carbocycles. The molecule has 1 saturated heterocycles. The second kappa shape index (κ2) is 7.75. The van der Waals surface area contributed by atoms with Crippen LogP contribution in [0.25, 0.3) is 0 Å². The summed E-state index contributed by atoms with van der Waals surface area (Å²) in [6, 6.07) is 14.2. The van der Waals surface area contributed by atoms with Gasteiger partial charge in [0.2, 0.25) is 0 Å². The number of nitriles is 1. The van der Waals surface area contributed by atoms with Gasteiger partial charge in [-0.1, -0.05) is 18.2 Å². The first kappa shape index (κ1) is 18.1. The van der Waals surface area contributed by atoms with Crippen molar-refractivity contribution in [3.63, 3.8) is 0 Å². The molecule has 2 aromatic carbocycles. The first-order valence-corrected chi connectivity index (χ1v) is 9.54. The molecule has 3 nitrogen and oxygen atoms in total. The maximum absolute atomic E-state index is 14.0. The van der Waals surface area contributed by atoms with Crippen LogP contribution < -0.4 is 0 Å². The molecule has 2 atom stereocenters. The second-order valence-electron chi connectivity index (χ2n) is 7.41. The zero-order valence-electron chi connectivity index (χ0n) is 15.2. The van der Waals surface area contributed by atoms with Gasteiger partial charge in [-0.3, -0.25) is 9.80 Å². The van der Waals surface area contributed by atoms with Gasteiger partial charge in [0, 0.05) is 51.1 Å². The smallest absolute Gasteiger partial charge is 0.123 e. The third-order valence-corrected chi connectivity index (χ3v) is 5.90. The topological polar surface area (TPSA) is 30.3 Å². The van der Waals surface area contributed by atoms with Crippen LogP contribution in [0.1, 0.15) is 41.5 Å². The zero-order valence-corrected chi connectivity index (χ0v) is 15.2. The maximum atomic E-state index is 14.0. The molecule has 0 amide bonds. The molecule has 0 aromatic heterocycles. The van der Waals surface area contributed by atoms with Crippen molar-refractivity contribution in [3.8, 4) is 6.07 Å². The lowest BCUT2D eigenvalue weighted by Gasteiger charge is -2.38. The highest BCUT2D eigenvalue weighted by Crippen LogP contribution is 2.47. The minimum atomic E-state index is -0.235. The fourth-order valence-electron chi connectivity index (χ4n) is 4.49. The molecule has 1 aliphatic carbocycles. The van der Waals surface area contributed by atoms with Crippen LogP contribution in [0.5, 0.6) is 0 Å². The quantitative estimate of drug-likeness (QED) is 0.816. The third-order valence-electron chi connectivity index (χ3n) is 5.90. The van der Waals surface area contributed by atoms with Crippen LogP contribution in [0.4, 0.5) is 8.78 Å². The van der Waals surface area contributed by atoms with Crippen LogP contribution in [0, 0.1) is 23.0 Å². The standard InChI is InChI=1S/C22H23F2N3/c23-17-4-2-16(3-5-17)20-15-22(21-14-18(24)6-7-19(20)21)27-12-10-26(11-13-27)9-1-8-25/h2-7,14,20,22H,1,9-13,15H2. The number of piperazine rings is 1. The number of benzene rings is 2. The summed E-state index contributed by atoms with van der Waals surface area (Å²) in [5.41, 5.74) is 3.30. The van der Waals surface area contributed by atoms with Gasteiger partial charge < -0.3 is 0 Å². The van der Waals surface area contributed by atoms with E-state index < -0.39 is 0 Å². The largest absolute Gasteiger partial charge is 0.300 e. The Kier molecular flexibility index (Phi) is 5.20. The fourth-order valence-corrected chi connectivity index (χ4v) is 4.49. The van der Waals surface area contributed by atoms with Crippen LogP contribution >= 0.6 is 0 Å². The average Bonchev–Trinajstić information content (AvgIpc) is 3.06. The van der Waals surface area contributed by atoms with Crippen molar-refractivity contribution >= 4 is 0 Å². The van der Waals surface area contributed by atoms with Crippen molar-refractivity contribution in [2.45, 2.75) is 24.8 Å². The van der Waals surface area contributed by atoms with Gasteiger partial charge in [0.25, 0.3) is 0 Å². The van der Waals surface area contributed by atoms with E-state index in [4.69, 9.17) is 5.26 Å². The summed E-state index contributed by atoms with van der Waals surface area (Å²) in [5, 5.41) is 8.77. The molecule has 4 rings (SSSR count). The van der Waals surface area contributed by atoms with Gasteiger partial charge in [0.05, 0.1) is 6.07 Å². The Morgan fingerprint density at radius 2 is 1.63 bits per heavy atom. The SMILES string of the molecule is N#CCCN1CCN(C2CC(c3ccc(F)cc3)c3ccc(F)cc32)CC1. The third kappa shape index (κ3) is 3.73. The summed E-state index contributed by atoms with van der Waals surface area (Å²) in [7, 11) is 0. The van der Waals surface area contributed by atoms with Crippen LogP contribution in [0.3, 0.4) is 0 Å². The molecule has 0 radical (unpaired) electrons. The molecule has 1 fully saturated rings. The van der Waals surface area contributed by atoms with E-state index in [0.29, 0.717) is 6.42 Å². The number of rotatable bonds is 4. The van der Waals surface area contributed by atoms with Crippen molar-refractivity contribution in [2.24, 2.45) is 0 Å². The number of nitrogens with zero attached hydrogens (tertiary/aromatic N) is 3. The Morgan fingerprint density at radius 1 is 0.926 bits per heavy atom. The minimum Gasteiger partial charge on any atom is -0.300 e. The summed E-state index contributed by atoms with van der Waals surface area (Å²) in [5.74, 6) is -0.268. The van der Waals surface area contributed by atoms with Gasteiger partial charge in [-0.15, -0.1) is 0 Å². The molecule has 27 heavy (non-hydrogen) atoms. The van der Waals surface area contributed by atoms with Gasteiger partial charge in [0.15, 0.2) is 0 Å². The Balaban J connectivity index is 1.55. The molecule has 1 heterocycles. The monoisotopic (exact) mass is 367 g/mol. The van der Waals surface area contributed by atoms with Crippen LogP contribution in [0.2, 0.25) is 0 Å². The van der Waals surface area contributed by atoms with Crippen molar-refractivity contribution in [2.75, 3.05) is 32.7 Å². The van der Waals surface area contributed by atoms with E-state index in [1.54, 1.807) is 6.07 Å². The molecule has 140 valence electrons. The summed E-state index contributed by atoms with van der Waals surface area (Å²) in [6.45, 7) is 4.52. The molecule has 5 heteroatoms. The molecule has 2 aliphatic rings. The lowest BCUT2D eigenvalue weighted by atomic mass is 9.93. The first-order valence-electron chi connectivity index (χ1n) is 9.54. The summed E-state index contributed by atoms with van der Waals surface area (Å²) in [6.07, 6.45) is 1.45. The molecule has 2 unspecified atom stereocenters. The lowest BCUT2D eigenvalue weighted by Crippen LogP contribution is -2.47. The van der Waals surface area contributed by atoms with Crippen molar-refractivity contribution in [1.29, 1.82) is 5.26 Å². The molecular weight excluding hydrogens is 344 g/mol. The maximum Gasteiger partial charge on any atom is 0.123 e. The van der Waals surface area contributed by atoms with Crippen LogP contribution in [0.15, 0.2) is 42.5 Å². The van der Waals surface area contributed by atoms with E-state index in [1.807, 2.05) is 18.2 Å². The van der Waals surface area contributed by atoms with E-state index in [9.17, 15) is 8.78 Å². The molecular formula is C22H23F2N3. The molecule has 0 N–H and O–H groups in total. The summed E-state index contributed by atoms with van der Waals surface area (Å²) < 4.78 is 27.3. The molecule has 0 bridgehead atoms. The predicted octanol–water partition coefficient (Wildman–Crippen LogP) is 4.07. The Labute approximate surface area is 158 Å². The van der Waals surface area contributed by atoms with Gasteiger partial charge in [-0.25, -0.2) is 8.78 Å². The van der Waals surface area contributed by atoms with Crippen molar-refractivity contribution in [1.82, 2.24) is 9.80 Å². The lowest BCUT2D eigenvalue weighted by molar-refractivity contribution is 0.0961. The number of hydrogen-bond donors (Lipinski definition) is 0. The van der Waals surface area contributed by atoms with E-state index >= 15 is 0 Å². The van der Waals surface area contributed by atoms with Gasteiger partial charge >= 0.3 is 0 Å². The zero-order chi connectivity index (χ0) is 18.8. The normalized spacial score (nSPS) is 23.1. The fraction of sp³-hybridized carbons (Fsp3) is 0.409. The Bertz CT molecular complexity index is 836. The summed E-state index contributed by atoms with van der Waals surface area (Å²) >= 11 is 0. The Hall–Kier alpha value is -2.29. The first-order chi connectivity index (χ1) is 13.2. The van der Waals surface area contributed by atoms with Crippen molar-refractivity contribution < 1.29 is 8.78 Å². The molecule has 0 spiro atoms. The predicted molar refractivity (Wildman–Crippen MR) is 100 cm³/mol. The van der Waals surface area contributed by atoms with E-state index in [1.165, 1.54) is 18.2 Å². The van der Waals surface area contributed by atoms with Crippen LogP contribution in [-0.2, 0) is 0 Å². The number of halogens is 2. The molecule has 2 aromatic rings. The highest BCUT2D eigenvalue weighted by Gasteiger charge is 2.36. The van der Waals surface area contributed by atoms with E-state index in [0.717, 1.165) is 55.8 Å². The average molecular weight is 367 g/mol. The van der Waals surface area contributed by atoms with Gasteiger partial charge in [-0.05, 0) is 47.4 Å². The second-order valence-corrected chi connectivity index (χ2v) is 7.41. The van der Waals surface area contributed by atoms with Gasteiger partial charge in [-0.2, -0.15) is 5.26 Å². The Morgan fingerprint density at radius 3 is 2.33 bits per heavy atom. The van der Waals surface area contributed by atoms with Crippen molar-refractivity contribution in [3.05, 3.63) is 70.8 Å². The number of fused-ring (bicyclic) bond motifs is 1. The molecule has 1 aliphatic heterocycles. The number of hydrogen-bond acceptors (Lipinski definition) is 3.